The van der Waals surface area contributed by atoms with E-state index in [1.165, 1.54) is 0 Å². The Morgan fingerprint density at radius 1 is 1.43 bits per heavy atom. The van der Waals surface area contributed by atoms with Crippen molar-refractivity contribution in [3.05, 3.63) is 18.7 Å². The second-order valence-electron chi connectivity index (χ2n) is 0.761. The standard InChI is InChI=1S/C3H4N2.Na.H2O/c1-2-5-3-4-1;;/h1-3H,(H,4,5);;1H2/q;+1;/p-1. The number of aromatic nitrogens is 2. The molecule has 0 fully saturated rings. The fourth-order valence-corrected chi connectivity index (χ4v) is 0.215. The van der Waals surface area contributed by atoms with Gasteiger partial charge in [-0.25, -0.2) is 4.98 Å². The monoisotopic (exact) mass is 108 g/mol. The van der Waals surface area contributed by atoms with Gasteiger partial charge in [0, 0.05) is 12.4 Å². The summed E-state index contributed by atoms with van der Waals surface area (Å²) < 4.78 is 0. The van der Waals surface area contributed by atoms with Crippen LogP contribution in [0.2, 0.25) is 0 Å². The minimum absolute atomic E-state index is 0. The van der Waals surface area contributed by atoms with Crippen LogP contribution in [-0.2, 0) is 0 Å². The molecule has 4 heteroatoms. The van der Waals surface area contributed by atoms with Gasteiger partial charge in [0.25, 0.3) is 0 Å². The Labute approximate surface area is 63.8 Å². The molecule has 7 heavy (non-hydrogen) atoms. The van der Waals surface area contributed by atoms with Gasteiger partial charge in [0.05, 0.1) is 6.33 Å². The molecular formula is C3H5N2NaO. The fourth-order valence-electron chi connectivity index (χ4n) is 0.215. The summed E-state index contributed by atoms with van der Waals surface area (Å²) in [5, 5.41) is 0. The van der Waals surface area contributed by atoms with Gasteiger partial charge in [0.15, 0.2) is 0 Å². The molecule has 0 aromatic carbocycles. The maximum Gasteiger partial charge on any atom is 1.00 e. The second-order valence-corrected chi connectivity index (χ2v) is 0.761. The SMILES string of the molecule is [Na+].[OH-].c1c[nH]cn1. The maximum absolute atomic E-state index is 3.67. The van der Waals surface area contributed by atoms with Crippen molar-refractivity contribution in [2.75, 3.05) is 0 Å². The third-order valence-corrected chi connectivity index (χ3v) is 0.406. The molecule has 0 bridgehead atoms. The molecule has 0 aliphatic heterocycles. The molecule has 0 spiro atoms. The third kappa shape index (κ3) is 4.01. The maximum atomic E-state index is 3.67. The van der Waals surface area contributed by atoms with E-state index in [9.17, 15) is 0 Å². The van der Waals surface area contributed by atoms with Crippen LogP contribution in [0.1, 0.15) is 0 Å². The van der Waals surface area contributed by atoms with Crippen molar-refractivity contribution in [2.24, 2.45) is 0 Å². The average molecular weight is 108 g/mol. The van der Waals surface area contributed by atoms with Gasteiger partial charge in [-0.2, -0.15) is 0 Å². The van der Waals surface area contributed by atoms with Crippen molar-refractivity contribution in [1.82, 2.24) is 9.97 Å². The Morgan fingerprint density at radius 2 is 2.14 bits per heavy atom. The average Bonchev–Trinajstić information content (AvgIpc) is 1.76. The largest absolute Gasteiger partial charge is 1.00 e. The smallest absolute Gasteiger partial charge is 0.870 e. The molecule has 0 saturated heterocycles. The van der Waals surface area contributed by atoms with Crippen LogP contribution in [0.3, 0.4) is 0 Å². The van der Waals surface area contributed by atoms with E-state index >= 15 is 0 Å². The predicted octanol–water partition coefficient (Wildman–Crippen LogP) is -2.76. The number of aromatic amines is 1. The molecule has 1 heterocycles. The molecule has 1 aromatic rings. The van der Waals surface area contributed by atoms with Crippen LogP contribution in [0, 0.1) is 0 Å². The summed E-state index contributed by atoms with van der Waals surface area (Å²) in [6.45, 7) is 0. The summed E-state index contributed by atoms with van der Waals surface area (Å²) in [5.74, 6) is 0. The molecule has 2 N–H and O–H groups in total. The summed E-state index contributed by atoms with van der Waals surface area (Å²) in [5.41, 5.74) is 0. The normalized spacial score (nSPS) is 5.71. The fraction of sp³-hybridized carbons (Fsp3) is 0. The molecule has 0 radical (unpaired) electrons. The minimum Gasteiger partial charge on any atom is -0.870 e. The first-order valence-electron chi connectivity index (χ1n) is 1.43. The van der Waals surface area contributed by atoms with Crippen molar-refractivity contribution >= 4 is 0 Å². The number of hydrogen-bond donors (Lipinski definition) is 1. The first kappa shape index (κ1) is 10.2. The van der Waals surface area contributed by atoms with Crippen LogP contribution in [0.15, 0.2) is 18.7 Å². The second kappa shape index (κ2) is 6.17. The zero-order valence-corrected chi connectivity index (χ0v) is 6.13. The third-order valence-electron chi connectivity index (χ3n) is 0.406. The van der Waals surface area contributed by atoms with E-state index in [4.69, 9.17) is 0 Å². The van der Waals surface area contributed by atoms with Crippen LogP contribution in [0.25, 0.3) is 0 Å². The van der Waals surface area contributed by atoms with E-state index in [2.05, 4.69) is 9.97 Å². The number of H-pyrrole nitrogens is 1. The summed E-state index contributed by atoms with van der Waals surface area (Å²) in [6, 6.07) is 0. The van der Waals surface area contributed by atoms with Gasteiger partial charge in [-0.15, -0.1) is 0 Å². The topological polar surface area (TPSA) is 58.7 Å². The molecule has 0 aliphatic carbocycles. The van der Waals surface area contributed by atoms with Gasteiger partial charge in [0.1, 0.15) is 0 Å². The van der Waals surface area contributed by atoms with Crippen LogP contribution in [0.5, 0.6) is 0 Å². The van der Waals surface area contributed by atoms with Crippen LogP contribution < -0.4 is 29.6 Å². The molecule has 1 aromatic heterocycles. The first-order valence-corrected chi connectivity index (χ1v) is 1.43. The van der Waals surface area contributed by atoms with Crippen molar-refractivity contribution < 1.29 is 35.0 Å². The van der Waals surface area contributed by atoms with Gasteiger partial charge in [-0.05, 0) is 0 Å². The van der Waals surface area contributed by atoms with Gasteiger partial charge in [-0.1, -0.05) is 0 Å². The van der Waals surface area contributed by atoms with Gasteiger partial charge < -0.3 is 10.5 Å². The molecule has 3 nitrogen and oxygen atoms in total. The molecule has 0 unspecified atom stereocenters. The van der Waals surface area contributed by atoms with Crippen molar-refractivity contribution in [2.45, 2.75) is 0 Å². The van der Waals surface area contributed by atoms with E-state index in [0.29, 0.717) is 0 Å². The zero-order valence-electron chi connectivity index (χ0n) is 4.13. The van der Waals surface area contributed by atoms with Crippen molar-refractivity contribution in [3.8, 4) is 0 Å². The minimum atomic E-state index is 0. The first-order chi connectivity index (χ1) is 2.50. The van der Waals surface area contributed by atoms with Crippen molar-refractivity contribution in [3.63, 3.8) is 0 Å². The molecular weight excluding hydrogens is 103 g/mol. The quantitative estimate of drug-likeness (QED) is 0.366. The van der Waals surface area contributed by atoms with E-state index < -0.39 is 0 Å². The van der Waals surface area contributed by atoms with Crippen LogP contribution in [-0.4, -0.2) is 15.4 Å². The summed E-state index contributed by atoms with van der Waals surface area (Å²) in [7, 11) is 0. The van der Waals surface area contributed by atoms with E-state index in [0.717, 1.165) is 0 Å². The van der Waals surface area contributed by atoms with E-state index in [1.54, 1.807) is 18.7 Å². The predicted molar refractivity (Wildman–Crippen MR) is 20.5 cm³/mol. The Bertz CT molecular complexity index is 69.4. The van der Waals surface area contributed by atoms with Gasteiger partial charge >= 0.3 is 29.6 Å². The molecule has 1 rings (SSSR count). The van der Waals surface area contributed by atoms with Gasteiger partial charge in [0.2, 0.25) is 0 Å². The Balaban J connectivity index is 0. The Hall–Kier alpha value is 0.170. The Kier molecular flexibility index (Phi) is 9.00. The molecule has 34 valence electrons. The number of hydrogen-bond acceptors (Lipinski definition) is 2. The molecule has 0 amide bonds. The number of nitrogens with zero attached hydrogens (tertiary/aromatic N) is 1. The summed E-state index contributed by atoms with van der Waals surface area (Å²) in [6.07, 6.45) is 5.08. The number of nitrogens with one attached hydrogen (secondary N) is 1. The number of imidazole rings is 1. The molecule has 0 atom stereocenters. The van der Waals surface area contributed by atoms with E-state index in [1.807, 2.05) is 0 Å². The molecule has 0 aliphatic rings. The zero-order chi connectivity index (χ0) is 3.54. The van der Waals surface area contributed by atoms with Gasteiger partial charge in [-0.3, -0.25) is 0 Å². The van der Waals surface area contributed by atoms with E-state index in [-0.39, 0.29) is 35.0 Å². The van der Waals surface area contributed by atoms with Crippen molar-refractivity contribution in [1.29, 1.82) is 0 Å². The van der Waals surface area contributed by atoms with Crippen LogP contribution in [0.4, 0.5) is 0 Å². The number of rotatable bonds is 0. The Morgan fingerprint density at radius 3 is 2.29 bits per heavy atom. The summed E-state index contributed by atoms with van der Waals surface area (Å²) in [4.78, 5) is 6.42. The van der Waals surface area contributed by atoms with Crippen LogP contribution >= 0.6 is 0 Å². The summed E-state index contributed by atoms with van der Waals surface area (Å²) >= 11 is 0. The molecule has 0 saturated carbocycles.